The van der Waals surface area contributed by atoms with Gasteiger partial charge in [-0.1, -0.05) is 59.4 Å². The first kappa shape index (κ1) is 26.1. The van der Waals surface area contributed by atoms with Crippen molar-refractivity contribution in [2.75, 3.05) is 11.3 Å². The second kappa shape index (κ2) is 10.5. The molecular weight excluding hydrogens is 574 g/mol. The molecule has 2 aromatic carbocycles. The lowest BCUT2D eigenvalue weighted by molar-refractivity contribution is 0.0952. The van der Waals surface area contributed by atoms with E-state index in [1.54, 1.807) is 34.9 Å². The van der Waals surface area contributed by atoms with Gasteiger partial charge in [0.1, 0.15) is 4.91 Å². The van der Waals surface area contributed by atoms with Gasteiger partial charge in [0, 0.05) is 18.9 Å². The van der Waals surface area contributed by atoms with Crippen LogP contribution < -0.4 is 14.8 Å². The molecule has 7 nitrogen and oxygen atoms in total. The fraction of sp³-hybridized carbons (Fsp3) is 0.136. The summed E-state index contributed by atoms with van der Waals surface area (Å²) < 4.78 is 33.5. The number of sulfonamides is 1. The first-order valence-electron chi connectivity index (χ1n) is 10.1. The number of anilines is 1. The van der Waals surface area contributed by atoms with Crippen molar-refractivity contribution in [2.24, 2.45) is 0 Å². The fourth-order valence-corrected chi connectivity index (χ4v) is 5.97. The maximum atomic E-state index is 13.2. The van der Waals surface area contributed by atoms with E-state index in [2.05, 4.69) is 14.8 Å². The number of rotatable bonds is 7. The lowest BCUT2D eigenvalue weighted by Gasteiger charge is -2.21. The number of nitrogens with one attached hydrogen (secondary N) is 3. The Morgan fingerprint density at radius 1 is 1.09 bits per heavy atom. The fourth-order valence-electron chi connectivity index (χ4n) is 3.36. The predicted molar refractivity (Wildman–Crippen MR) is 144 cm³/mol. The van der Waals surface area contributed by atoms with Gasteiger partial charge in [0.15, 0.2) is 0 Å². The molecule has 0 fully saturated rings. The highest BCUT2D eigenvalue weighted by Gasteiger charge is 2.31. The molecule has 1 atom stereocenters. The van der Waals surface area contributed by atoms with Crippen LogP contribution in [0.25, 0.3) is 0 Å². The van der Waals surface area contributed by atoms with Crippen LogP contribution in [0.1, 0.15) is 28.8 Å². The Labute approximate surface area is 227 Å². The first-order chi connectivity index (χ1) is 16.6. The number of amides is 1. The number of carbonyl (C=O) groups excluding carboxylic acids is 1. The number of halogens is 4. The molecule has 1 unspecified atom stereocenters. The topological polar surface area (TPSA) is 90.5 Å². The molecule has 2 aliphatic rings. The average molecular weight is 592 g/mol. The Bertz CT molecular complexity index is 1390. The lowest BCUT2D eigenvalue weighted by Crippen LogP contribution is -2.29. The van der Waals surface area contributed by atoms with Gasteiger partial charge in [0.05, 0.1) is 49.2 Å². The van der Waals surface area contributed by atoms with Crippen molar-refractivity contribution in [3.63, 3.8) is 0 Å². The summed E-state index contributed by atoms with van der Waals surface area (Å²) in [5.41, 5.74) is 1.36. The van der Waals surface area contributed by atoms with E-state index in [1.165, 1.54) is 30.3 Å². The summed E-state index contributed by atoms with van der Waals surface area (Å²) in [5.74, 6) is -0.620. The average Bonchev–Trinajstić information content (AvgIpc) is 3.30. The molecular formula is C22H18Cl4N4O3S2. The van der Waals surface area contributed by atoms with Crippen molar-refractivity contribution in [2.45, 2.75) is 12.8 Å². The molecule has 0 saturated heterocycles. The molecule has 2 aromatic rings. The summed E-state index contributed by atoms with van der Waals surface area (Å²) in [5, 5.41) is 3.88. The summed E-state index contributed by atoms with van der Waals surface area (Å²) >= 11 is 25.6. The molecule has 0 spiro atoms. The molecule has 13 heteroatoms. The SMILES string of the molecule is CC(CNC(=O)c1cc(Cl)c(Cl)cc1NS(=O)(=O)C1=CC=CN2SNC=C12)c1ccc(Cl)c(Cl)c1. The van der Waals surface area contributed by atoms with E-state index in [1.807, 2.05) is 13.0 Å². The lowest BCUT2D eigenvalue weighted by atomic mass is 10.0. The molecule has 35 heavy (non-hydrogen) atoms. The van der Waals surface area contributed by atoms with Crippen LogP contribution in [-0.2, 0) is 10.0 Å². The number of benzene rings is 2. The standard InChI is InChI=1S/C22H18Cl4N4O3S2/c1-12(13-4-5-15(23)16(24)7-13)10-27-22(31)14-8-17(25)18(26)9-19(14)29-35(32,33)21-3-2-6-30-20(21)11-28-34-30/h2-9,11-12,28-29H,10H2,1H3,(H,27,31). The van der Waals surface area contributed by atoms with Crippen molar-refractivity contribution in [1.29, 1.82) is 0 Å². The van der Waals surface area contributed by atoms with Gasteiger partial charge in [-0.3, -0.25) is 13.8 Å². The van der Waals surface area contributed by atoms with Gasteiger partial charge in [-0.25, -0.2) is 8.42 Å². The summed E-state index contributed by atoms with van der Waals surface area (Å²) in [7, 11) is -4.07. The molecule has 1 amide bonds. The van der Waals surface area contributed by atoms with E-state index in [-0.39, 0.29) is 38.7 Å². The summed E-state index contributed by atoms with van der Waals surface area (Å²) in [4.78, 5) is 13.1. The largest absolute Gasteiger partial charge is 0.351 e. The zero-order valence-electron chi connectivity index (χ0n) is 18.0. The Hall–Kier alpha value is -2.01. The number of hydrogen-bond acceptors (Lipinski definition) is 6. The molecule has 0 aromatic heterocycles. The van der Waals surface area contributed by atoms with Crippen molar-refractivity contribution < 1.29 is 13.2 Å². The van der Waals surface area contributed by atoms with E-state index >= 15 is 0 Å². The third-order valence-electron chi connectivity index (χ3n) is 5.23. The number of carbonyl (C=O) groups is 1. The Balaban J connectivity index is 1.56. The molecule has 2 heterocycles. The Kier molecular flexibility index (Phi) is 7.85. The first-order valence-corrected chi connectivity index (χ1v) is 13.9. The quantitative estimate of drug-likeness (QED) is 0.328. The molecule has 0 radical (unpaired) electrons. The minimum absolute atomic E-state index is 0.000280. The smallest absolute Gasteiger partial charge is 0.264 e. The normalized spacial score (nSPS) is 15.6. The zero-order valence-corrected chi connectivity index (χ0v) is 22.6. The number of fused-ring (bicyclic) bond motifs is 1. The number of hydrogen-bond donors (Lipinski definition) is 3. The van der Waals surface area contributed by atoms with Crippen LogP contribution >= 0.6 is 58.5 Å². The second-order valence-electron chi connectivity index (χ2n) is 7.64. The highest BCUT2D eigenvalue weighted by Crippen LogP contribution is 2.36. The van der Waals surface area contributed by atoms with Crippen LogP contribution in [-0.4, -0.2) is 25.2 Å². The summed E-state index contributed by atoms with van der Waals surface area (Å²) in [6, 6.07) is 7.89. The van der Waals surface area contributed by atoms with Crippen LogP contribution in [0.4, 0.5) is 5.69 Å². The molecule has 3 N–H and O–H groups in total. The molecule has 4 rings (SSSR count). The monoisotopic (exact) mass is 590 g/mol. The van der Waals surface area contributed by atoms with Crippen LogP contribution in [0.3, 0.4) is 0 Å². The van der Waals surface area contributed by atoms with E-state index in [4.69, 9.17) is 46.4 Å². The molecule has 2 aliphatic heterocycles. The van der Waals surface area contributed by atoms with Gasteiger partial charge in [0.25, 0.3) is 15.9 Å². The van der Waals surface area contributed by atoms with Crippen LogP contribution in [0.5, 0.6) is 0 Å². The van der Waals surface area contributed by atoms with Crippen molar-refractivity contribution in [3.05, 3.63) is 96.7 Å². The van der Waals surface area contributed by atoms with E-state index in [0.717, 1.165) is 5.56 Å². The molecule has 0 aliphatic carbocycles. The van der Waals surface area contributed by atoms with E-state index in [9.17, 15) is 13.2 Å². The second-order valence-corrected chi connectivity index (χ2v) is 11.7. The van der Waals surface area contributed by atoms with E-state index in [0.29, 0.717) is 15.7 Å². The Morgan fingerprint density at radius 2 is 1.80 bits per heavy atom. The summed E-state index contributed by atoms with van der Waals surface area (Å²) in [6.07, 6.45) is 6.38. The van der Waals surface area contributed by atoms with Crippen molar-refractivity contribution in [3.8, 4) is 0 Å². The van der Waals surface area contributed by atoms with Crippen molar-refractivity contribution >= 4 is 80.2 Å². The maximum absolute atomic E-state index is 13.2. The van der Waals surface area contributed by atoms with Gasteiger partial charge in [-0.05, 0) is 47.9 Å². The van der Waals surface area contributed by atoms with Crippen LogP contribution in [0.15, 0.2) is 65.5 Å². The van der Waals surface area contributed by atoms with Crippen LogP contribution in [0.2, 0.25) is 20.1 Å². The van der Waals surface area contributed by atoms with Gasteiger partial charge in [-0.2, -0.15) is 0 Å². The molecule has 0 bridgehead atoms. The third-order valence-corrected chi connectivity index (χ3v) is 8.84. The van der Waals surface area contributed by atoms with Gasteiger partial charge in [-0.15, -0.1) is 0 Å². The van der Waals surface area contributed by atoms with Gasteiger partial charge < -0.3 is 10.0 Å². The number of nitrogens with zero attached hydrogens (tertiary/aromatic N) is 1. The zero-order chi connectivity index (χ0) is 25.3. The maximum Gasteiger partial charge on any atom is 0.264 e. The van der Waals surface area contributed by atoms with Gasteiger partial charge >= 0.3 is 0 Å². The highest BCUT2D eigenvalue weighted by molar-refractivity contribution is 7.97. The minimum atomic E-state index is -4.07. The minimum Gasteiger partial charge on any atom is -0.351 e. The summed E-state index contributed by atoms with van der Waals surface area (Å²) in [6.45, 7) is 2.17. The Morgan fingerprint density at radius 3 is 2.54 bits per heavy atom. The predicted octanol–water partition coefficient (Wildman–Crippen LogP) is 6.30. The number of allylic oxidation sites excluding steroid dienone is 2. The van der Waals surface area contributed by atoms with Crippen LogP contribution in [0, 0.1) is 0 Å². The van der Waals surface area contributed by atoms with E-state index < -0.39 is 15.9 Å². The molecule has 184 valence electrons. The third kappa shape index (κ3) is 5.71. The molecule has 0 saturated carbocycles. The highest BCUT2D eigenvalue weighted by atomic mass is 35.5. The van der Waals surface area contributed by atoms with Gasteiger partial charge in [0.2, 0.25) is 0 Å². The van der Waals surface area contributed by atoms with Crippen molar-refractivity contribution in [1.82, 2.24) is 14.3 Å².